The summed E-state index contributed by atoms with van der Waals surface area (Å²) in [4.78, 5) is 13.3. The van der Waals surface area contributed by atoms with Crippen LogP contribution in [0.3, 0.4) is 0 Å². The van der Waals surface area contributed by atoms with Crippen LogP contribution < -0.4 is 5.32 Å². The second-order valence-corrected chi connectivity index (χ2v) is 23.2. The van der Waals surface area contributed by atoms with E-state index in [1.165, 1.54) is 116 Å². The third-order valence-electron chi connectivity index (χ3n) is 16.0. The highest BCUT2D eigenvalue weighted by atomic mass is 16.8. The lowest BCUT2D eigenvalue weighted by Gasteiger charge is -2.48. The van der Waals surface area contributed by atoms with E-state index in [9.17, 15) is 61.0 Å². The van der Waals surface area contributed by atoms with Crippen molar-refractivity contribution in [1.29, 1.82) is 0 Å². The number of carbonyl (C=O) groups is 1. The molecule has 3 aliphatic heterocycles. The first-order valence-corrected chi connectivity index (χ1v) is 32.5. The smallest absolute Gasteiger partial charge is 0.220 e. The molecule has 0 bridgehead atoms. The molecule has 0 aromatic heterocycles. The van der Waals surface area contributed by atoms with Gasteiger partial charge in [-0.25, -0.2) is 0 Å². The normalized spacial score (nSPS) is 29.6. The van der Waals surface area contributed by atoms with Crippen LogP contribution in [0.15, 0.2) is 60.8 Å². The summed E-state index contributed by atoms with van der Waals surface area (Å²) >= 11 is 0. The summed E-state index contributed by atoms with van der Waals surface area (Å²) in [6.45, 7) is 1.66. The van der Waals surface area contributed by atoms with Gasteiger partial charge >= 0.3 is 0 Å². The molecular formula is C65H115NO18. The van der Waals surface area contributed by atoms with Gasteiger partial charge < -0.3 is 89.9 Å². The summed E-state index contributed by atoms with van der Waals surface area (Å²) in [7, 11) is 0. The van der Waals surface area contributed by atoms with Gasteiger partial charge in [0.1, 0.15) is 73.2 Å². The fourth-order valence-corrected chi connectivity index (χ4v) is 10.7. The van der Waals surface area contributed by atoms with E-state index in [1.54, 1.807) is 6.08 Å². The molecule has 19 nitrogen and oxygen atoms in total. The number of rotatable bonds is 48. The van der Waals surface area contributed by atoms with Crippen LogP contribution in [0, 0.1) is 0 Å². The Bertz CT molecular complexity index is 1770. The molecule has 12 N–H and O–H groups in total. The van der Waals surface area contributed by atoms with E-state index in [1.807, 2.05) is 6.08 Å². The topological polar surface area (TPSA) is 307 Å². The minimum absolute atomic E-state index is 0.231. The van der Waals surface area contributed by atoms with E-state index in [0.29, 0.717) is 12.8 Å². The van der Waals surface area contributed by atoms with Crippen molar-refractivity contribution < 1.29 is 89.4 Å². The number of hydrogen-bond donors (Lipinski definition) is 12. The molecular weight excluding hydrogens is 1080 g/mol. The number of nitrogens with one attached hydrogen (secondary N) is 1. The molecule has 3 saturated heterocycles. The average molecular weight is 1200 g/mol. The van der Waals surface area contributed by atoms with Gasteiger partial charge in [-0.1, -0.05) is 197 Å². The summed E-state index contributed by atoms with van der Waals surface area (Å²) in [5.74, 6) is -0.290. The molecule has 84 heavy (non-hydrogen) atoms. The van der Waals surface area contributed by atoms with Gasteiger partial charge in [0, 0.05) is 6.42 Å². The number of allylic oxidation sites excluding steroid dienone is 9. The second-order valence-electron chi connectivity index (χ2n) is 23.2. The van der Waals surface area contributed by atoms with E-state index in [-0.39, 0.29) is 18.9 Å². The van der Waals surface area contributed by atoms with Gasteiger partial charge in [0.05, 0.1) is 38.6 Å². The van der Waals surface area contributed by atoms with Gasteiger partial charge in [0.15, 0.2) is 18.9 Å². The Hall–Kier alpha value is -2.51. The molecule has 0 saturated carbocycles. The average Bonchev–Trinajstić information content (AvgIpc) is 2.98. The molecule has 488 valence electrons. The number of ether oxygens (including phenoxy) is 6. The van der Waals surface area contributed by atoms with Crippen LogP contribution in [0.25, 0.3) is 0 Å². The summed E-state index contributed by atoms with van der Waals surface area (Å²) in [6, 6.07) is -0.992. The highest BCUT2D eigenvalue weighted by molar-refractivity contribution is 5.76. The second kappa shape index (κ2) is 47.5. The minimum atomic E-state index is -1.98. The van der Waals surface area contributed by atoms with E-state index in [2.05, 4.69) is 67.8 Å². The molecule has 0 radical (unpaired) electrons. The summed E-state index contributed by atoms with van der Waals surface area (Å²) in [6.07, 6.45) is 29.3. The van der Waals surface area contributed by atoms with Crippen LogP contribution in [0.2, 0.25) is 0 Å². The molecule has 3 aliphatic rings. The Labute approximate surface area is 503 Å². The lowest BCUT2D eigenvalue weighted by Crippen LogP contribution is -2.66. The first kappa shape index (κ1) is 75.7. The molecule has 0 spiro atoms. The van der Waals surface area contributed by atoms with Crippen molar-refractivity contribution in [1.82, 2.24) is 5.32 Å². The first-order valence-electron chi connectivity index (χ1n) is 32.5. The van der Waals surface area contributed by atoms with E-state index < -0.39 is 124 Å². The van der Waals surface area contributed by atoms with Gasteiger partial charge in [-0.15, -0.1) is 0 Å². The lowest BCUT2D eigenvalue weighted by atomic mass is 9.96. The Kier molecular flexibility index (Phi) is 42.8. The molecule has 0 aromatic rings. The Morgan fingerprint density at radius 2 is 0.798 bits per heavy atom. The van der Waals surface area contributed by atoms with E-state index in [4.69, 9.17) is 28.4 Å². The van der Waals surface area contributed by atoms with E-state index >= 15 is 0 Å². The van der Waals surface area contributed by atoms with Crippen molar-refractivity contribution in [2.24, 2.45) is 0 Å². The van der Waals surface area contributed by atoms with Crippen molar-refractivity contribution in [3.63, 3.8) is 0 Å². The van der Waals surface area contributed by atoms with Gasteiger partial charge in [0.25, 0.3) is 0 Å². The van der Waals surface area contributed by atoms with Crippen molar-refractivity contribution in [2.45, 2.75) is 317 Å². The highest BCUT2D eigenvalue weighted by Gasteiger charge is 2.53. The molecule has 3 rings (SSSR count). The van der Waals surface area contributed by atoms with E-state index in [0.717, 1.165) is 64.2 Å². The zero-order valence-electron chi connectivity index (χ0n) is 51.1. The third-order valence-corrected chi connectivity index (χ3v) is 16.0. The maximum atomic E-state index is 13.3. The van der Waals surface area contributed by atoms with Crippen molar-refractivity contribution in [3.05, 3.63) is 60.8 Å². The highest BCUT2D eigenvalue weighted by Crippen LogP contribution is 2.33. The Morgan fingerprint density at radius 1 is 0.429 bits per heavy atom. The molecule has 17 atom stereocenters. The van der Waals surface area contributed by atoms with Crippen LogP contribution in [-0.4, -0.2) is 193 Å². The SMILES string of the molecule is CCCCCCC/C=C\C/C=C\C/C=C\CCCCCCCCCCCCCCC(=O)NC(COC1OC(CO)C(OC2OC(CO)C(OC3OC(CO)C(O)C(O)C3O)C(O)C2O)C(O)C1O)C(O)/C=C/CC/C=C/CCCCCCCC. The summed E-state index contributed by atoms with van der Waals surface area (Å²) in [5.41, 5.74) is 0. The number of aliphatic hydroxyl groups excluding tert-OH is 11. The number of carbonyl (C=O) groups excluding carboxylic acids is 1. The van der Waals surface area contributed by atoms with Gasteiger partial charge in [0.2, 0.25) is 5.91 Å². The first-order chi connectivity index (χ1) is 40.8. The van der Waals surface area contributed by atoms with Crippen LogP contribution in [0.5, 0.6) is 0 Å². The van der Waals surface area contributed by atoms with Crippen LogP contribution in [0.1, 0.15) is 213 Å². The van der Waals surface area contributed by atoms with Crippen molar-refractivity contribution in [2.75, 3.05) is 26.4 Å². The Morgan fingerprint density at radius 3 is 1.27 bits per heavy atom. The standard InChI is InChI=1S/C65H115NO18/c1-3-5-7-9-11-13-15-17-18-19-20-21-22-23-24-25-26-27-28-29-30-31-33-35-37-39-41-43-53(71)66-48(49(70)42-40-38-36-34-32-16-14-12-10-8-6-4-2)47-79-63-59(77)56(74)61(51(45-68)81-63)84-65-60(78)57(75)62(52(46-69)82-65)83-64-58(76)55(73)54(72)50(44-67)80-64/h15,17,19-20,22-23,32,34,40,42,48-52,54-65,67-70,72-78H,3-14,16,18,21,24-31,33,35-39,41,43-47H2,1-2H3,(H,66,71)/b17-15-,20-19-,23-22-,34-32+,42-40+. The van der Waals surface area contributed by atoms with Crippen LogP contribution in [0.4, 0.5) is 0 Å². The van der Waals surface area contributed by atoms with Crippen LogP contribution >= 0.6 is 0 Å². The monoisotopic (exact) mass is 1200 g/mol. The largest absolute Gasteiger partial charge is 0.394 e. The number of unbranched alkanes of at least 4 members (excludes halogenated alkanes) is 24. The predicted molar refractivity (Wildman–Crippen MR) is 323 cm³/mol. The quantitative estimate of drug-likeness (QED) is 0.0211. The zero-order valence-corrected chi connectivity index (χ0v) is 51.1. The number of aliphatic hydroxyl groups is 11. The minimum Gasteiger partial charge on any atom is -0.394 e. The van der Waals surface area contributed by atoms with Crippen molar-refractivity contribution in [3.8, 4) is 0 Å². The number of amides is 1. The zero-order chi connectivity index (χ0) is 61.2. The molecule has 0 aromatic carbocycles. The third kappa shape index (κ3) is 30.1. The van der Waals surface area contributed by atoms with Gasteiger partial charge in [-0.3, -0.25) is 4.79 Å². The van der Waals surface area contributed by atoms with Crippen molar-refractivity contribution >= 4 is 5.91 Å². The fourth-order valence-electron chi connectivity index (χ4n) is 10.7. The molecule has 3 fully saturated rings. The summed E-state index contributed by atoms with van der Waals surface area (Å²) in [5, 5.41) is 120. The Balaban J connectivity index is 1.42. The van der Waals surface area contributed by atoms with Gasteiger partial charge in [-0.05, 0) is 70.6 Å². The van der Waals surface area contributed by atoms with Gasteiger partial charge in [-0.2, -0.15) is 0 Å². The predicted octanol–water partition coefficient (Wildman–Crippen LogP) is 7.21. The molecule has 17 unspecified atom stereocenters. The maximum Gasteiger partial charge on any atom is 0.220 e. The molecule has 3 heterocycles. The maximum absolute atomic E-state index is 13.3. The lowest BCUT2D eigenvalue weighted by molar-refractivity contribution is -0.379. The van der Waals surface area contributed by atoms with Crippen LogP contribution in [-0.2, 0) is 33.2 Å². The summed E-state index contributed by atoms with van der Waals surface area (Å²) < 4.78 is 34.2. The molecule has 0 aliphatic carbocycles. The molecule has 19 heteroatoms. The molecule has 1 amide bonds. The fraction of sp³-hybridized carbons (Fsp3) is 0.831. The number of hydrogen-bond acceptors (Lipinski definition) is 18.